The van der Waals surface area contributed by atoms with Crippen molar-refractivity contribution >= 4 is 21.5 Å². The van der Waals surface area contributed by atoms with Crippen molar-refractivity contribution in [2.75, 3.05) is 6.54 Å². The monoisotopic (exact) mass is 342 g/mol. The van der Waals surface area contributed by atoms with E-state index in [1.165, 1.54) is 12.1 Å². The van der Waals surface area contributed by atoms with Crippen LogP contribution < -0.4 is 4.72 Å². The number of non-ortho nitro benzene ring substituents is 1. The molecule has 0 radical (unpaired) electrons. The third-order valence-corrected chi connectivity index (χ3v) is 4.79. The Hall–Kier alpha value is -1.80. The second-order valence-electron chi connectivity index (χ2n) is 6.28. The van der Waals surface area contributed by atoms with Crippen LogP contribution in [0.15, 0.2) is 29.2 Å². The van der Waals surface area contributed by atoms with Gasteiger partial charge in [-0.3, -0.25) is 14.9 Å². The lowest BCUT2D eigenvalue weighted by molar-refractivity contribution is -0.384. The molecule has 8 heteroatoms. The highest BCUT2D eigenvalue weighted by molar-refractivity contribution is 7.89. The van der Waals surface area contributed by atoms with E-state index in [0.717, 1.165) is 12.1 Å². The predicted molar refractivity (Wildman–Crippen MR) is 86.6 cm³/mol. The lowest BCUT2D eigenvalue weighted by atomic mass is 9.88. The first-order valence-corrected chi connectivity index (χ1v) is 8.80. The van der Waals surface area contributed by atoms with Gasteiger partial charge in [-0.05, 0) is 25.0 Å². The van der Waals surface area contributed by atoms with Crippen LogP contribution in [0.4, 0.5) is 5.69 Å². The minimum absolute atomic E-state index is 0.0196. The van der Waals surface area contributed by atoms with Crippen molar-refractivity contribution in [1.82, 2.24) is 4.72 Å². The van der Waals surface area contributed by atoms with Gasteiger partial charge in [-0.2, -0.15) is 0 Å². The fourth-order valence-corrected chi connectivity index (χ4v) is 2.90. The number of nitrogens with zero attached hydrogens (tertiary/aromatic N) is 1. The van der Waals surface area contributed by atoms with Crippen LogP contribution in [0.2, 0.25) is 0 Å². The normalized spacial score (nSPS) is 12.1. The zero-order chi connectivity index (χ0) is 17.7. The first-order valence-electron chi connectivity index (χ1n) is 7.31. The molecule has 0 bridgehead atoms. The van der Waals surface area contributed by atoms with Crippen LogP contribution in [0.1, 0.15) is 40.0 Å². The summed E-state index contributed by atoms with van der Waals surface area (Å²) in [5, 5.41) is 10.5. The molecule has 0 aliphatic heterocycles. The fourth-order valence-electron chi connectivity index (χ4n) is 1.82. The van der Waals surface area contributed by atoms with E-state index < -0.39 is 14.9 Å². The molecule has 0 unspecified atom stereocenters. The molecule has 1 aromatic carbocycles. The van der Waals surface area contributed by atoms with Gasteiger partial charge in [-0.1, -0.05) is 20.8 Å². The van der Waals surface area contributed by atoms with E-state index in [4.69, 9.17) is 0 Å². The summed E-state index contributed by atoms with van der Waals surface area (Å²) in [7, 11) is -3.69. The summed E-state index contributed by atoms with van der Waals surface area (Å²) in [5.74, 6) is 0.149. The molecular weight excluding hydrogens is 320 g/mol. The average molecular weight is 342 g/mol. The molecular formula is C15H22N2O5S. The third kappa shape index (κ3) is 6.07. The average Bonchev–Trinajstić information content (AvgIpc) is 2.45. The van der Waals surface area contributed by atoms with Gasteiger partial charge in [0.1, 0.15) is 5.78 Å². The van der Waals surface area contributed by atoms with Crippen LogP contribution in [0.3, 0.4) is 0 Å². The molecule has 0 heterocycles. The molecule has 0 fully saturated rings. The van der Waals surface area contributed by atoms with Crippen molar-refractivity contribution in [3.05, 3.63) is 34.4 Å². The number of carbonyl (C=O) groups excluding carboxylic acids is 1. The van der Waals surface area contributed by atoms with Crippen molar-refractivity contribution in [2.45, 2.75) is 44.9 Å². The van der Waals surface area contributed by atoms with Gasteiger partial charge in [0, 0.05) is 30.5 Å². The van der Waals surface area contributed by atoms with E-state index in [0.29, 0.717) is 19.3 Å². The SMILES string of the molecule is CC(C)(C)C(=O)CCCCNS(=O)(=O)c1ccc([N+](=O)[O-])cc1. The van der Waals surface area contributed by atoms with Crippen molar-refractivity contribution < 1.29 is 18.1 Å². The number of carbonyl (C=O) groups is 1. The van der Waals surface area contributed by atoms with Crippen molar-refractivity contribution in [3.8, 4) is 0 Å². The van der Waals surface area contributed by atoms with Crippen LogP contribution in [-0.2, 0) is 14.8 Å². The van der Waals surface area contributed by atoms with Crippen LogP contribution in [0, 0.1) is 15.5 Å². The zero-order valence-electron chi connectivity index (χ0n) is 13.5. The molecule has 0 saturated heterocycles. The highest BCUT2D eigenvalue weighted by Gasteiger charge is 2.20. The first-order chi connectivity index (χ1) is 10.5. The number of hydrogen-bond acceptors (Lipinski definition) is 5. The largest absolute Gasteiger partial charge is 0.299 e. The van der Waals surface area contributed by atoms with Gasteiger partial charge in [0.2, 0.25) is 10.0 Å². The van der Waals surface area contributed by atoms with Crippen LogP contribution in [-0.4, -0.2) is 25.7 Å². The maximum absolute atomic E-state index is 12.0. The summed E-state index contributed by atoms with van der Waals surface area (Å²) >= 11 is 0. The molecule has 0 aliphatic carbocycles. The minimum atomic E-state index is -3.69. The molecule has 0 aromatic heterocycles. The summed E-state index contributed by atoms with van der Waals surface area (Å²) in [6.07, 6.45) is 1.58. The van der Waals surface area contributed by atoms with Gasteiger partial charge in [-0.25, -0.2) is 13.1 Å². The van der Waals surface area contributed by atoms with E-state index in [-0.39, 0.29) is 28.3 Å². The quantitative estimate of drug-likeness (QED) is 0.444. The highest BCUT2D eigenvalue weighted by Crippen LogP contribution is 2.18. The Morgan fingerprint density at radius 2 is 1.74 bits per heavy atom. The first kappa shape index (κ1) is 19.2. The van der Waals surface area contributed by atoms with E-state index in [1.54, 1.807) is 0 Å². The molecule has 0 atom stereocenters. The highest BCUT2D eigenvalue weighted by atomic mass is 32.2. The number of rotatable bonds is 8. The van der Waals surface area contributed by atoms with Crippen LogP contribution in [0.25, 0.3) is 0 Å². The number of hydrogen-bond donors (Lipinski definition) is 1. The van der Waals surface area contributed by atoms with Crippen molar-refractivity contribution in [3.63, 3.8) is 0 Å². The molecule has 1 aromatic rings. The topological polar surface area (TPSA) is 106 Å². The smallest absolute Gasteiger partial charge is 0.269 e. The van der Waals surface area contributed by atoms with Gasteiger partial charge >= 0.3 is 0 Å². The Kier molecular flexibility index (Phi) is 6.40. The summed E-state index contributed by atoms with van der Waals surface area (Å²) in [4.78, 5) is 21.7. The summed E-state index contributed by atoms with van der Waals surface area (Å²) in [5.41, 5.74) is -0.539. The molecule has 1 N–H and O–H groups in total. The summed E-state index contributed by atoms with van der Waals surface area (Å²) in [6, 6.07) is 4.69. The van der Waals surface area contributed by atoms with Gasteiger partial charge in [0.25, 0.3) is 5.69 Å². The van der Waals surface area contributed by atoms with Crippen LogP contribution in [0.5, 0.6) is 0 Å². The van der Waals surface area contributed by atoms with E-state index in [9.17, 15) is 23.3 Å². The minimum Gasteiger partial charge on any atom is -0.299 e. The summed E-state index contributed by atoms with van der Waals surface area (Å²) < 4.78 is 26.5. The fraction of sp³-hybridized carbons (Fsp3) is 0.533. The maximum atomic E-state index is 12.0. The van der Waals surface area contributed by atoms with Gasteiger partial charge in [-0.15, -0.1) is 0 Å². The molecule has 0 aliphatic rings. The Balaban J connectivity index is 2.47. The van der Waals surface area contributed by atoms with Gasteiger partial charge in [0.15, 0.2) is 0 Å². The molecule has 0 spiro atoms. The Bertz CT molecular complexity index is 660. The third-order valence-electron chi connectivity index (χ3n) is 3.32. The number of nitro benzene ring substituents is 1. The second-order valence-corrected chi connectivity index (χ2v) is 8.05. The molecule has 0 saturated carbocycles. The van der Waals surface area contributed by atoms with Gasteiger partial charge in [0.05, 0.1) is 9.82 Å². The van der Waals surface area contributed by atoms with Crippen molar-refractivity contribution in [1.29, 1.82) is 0 Å². The molecule has 1 rings (SSSR count). The maximum Gasteiger partial charge on any atom is 0.269 e. The number of nitro groups is 1. The van der Waals surface area contributed by atoms with Crippen molar-refractivity contribution in [2.24, 2.45) is 5.41 Å². The Morgan fingerprint density at radius 3 is 2.22 bits per heavy atom. The molecule has 0 amide bonds. The predicted octanol–water partition coefficient (Wildman–Crippen LogP) is 2.66. The second kappa shape index (κ2) is 7.65. The number of benzene rings is 1. The van der Waals surface area contributed by atoms with Gasteiger partial charge < -0.3 is 0 Å². The number of nitrogens with one attached hydrogen (secondary N) is 1. The van der Waals surface area contributed by atoms with Crippen LogP contribution >= 0.6 is 0 Å². The number of unbranched alkanes of at least 4 members (excludes halogenated alkanes) is 1. The number of sulfonamides is 1. The molecule has 128 valence electrons. The Morgan fingerprint density at radius 1 is 1.17 bits per heavy atom. The molecule has 7 nitrogen and oxygen atoms in total. The number of Topliss-reactive ketones (excluding diaryl/α,β-unsaturated/α-hetero) is 1. The lowest BCUT2D eigenvalue weighted by Gasteiger charge is -2.16. The number of ketones is 1. The standard InChI is InChI=1S/C15H22N2O5S/c1-15(2,3)14(18)6-4-5-11-16-23(21,22)13-9-7-12(8-10-13)17(19)20/h7-10,16H,4-6,11H2,1-3H3. The molecule has 23 heavy (non-hydrogen) atoms. The van der Waals surface area contributed by atoms with E-state index >= 15 is 0 Å². The summed E-state index contributed by atoms with van der Waals surface area (Å²) in [6.45, 7) is 5.78. The van der Waals surface area contributed by atoms with E-state index in [2.05, 4.69) is 4.72 Å². The van der Waals surface area contributed by atoms with E-state index in [1.807, 2.05) is 20.8 Å². The lowest BCUT2D eigenvalue weighted by Crippen LogP contribution is -2.25. The Labute approximate surface area is 136 Å². The zero-order valence-corrected chi connectivity index (χ0v) is 14.4.